The van der Waals surface area contributed by atoms with Crippen LogP contribution in [-0.4, -0.2) is 34.2 Å². The summed E-state index contributed by atoms with van der Waals surface area (Å²) in [5.74, 6) is 0.672. The van der Waals surface area contributed by atoms with Crippen LogP contribution in [-0.2, 0) is 5.79 Å². The van der Waals surface area contributed by atoms with Gasteiger partial charge in [-0.15, -0.1) is 0 Å². The van der Waals surface area contributed by atoms with Crippen molar-refractivity contribution in [3.63, 3.8) is 0 Å². The first kappa shape index (κ1) is 37.0. The molecule has 1 aromatic heterocycles. The number of imidazole rings is 1. The number of halogens is 2. The van der Waals surface area contributed by atoms with Gasteiger partial charge in [-0.3, -0.25) is 4.57 Å². The summed E-state index contributed by atoms with van der Waals surface area (Å²) in [6.45, 7) is 5.45. The SMILES string of the molecule is CCCOc1ccc(C2=NC(c3ccccc3Cl)(n3c(-c4ccccc4Cl)nc(-c4ccccc4)c3-c3ccc(OCCC)cc3)N=C2c2ccccc2)cc1. The standard InChI is InChI=1S/C48H40Cl2N4O2/c1-3-31-55-37-27-23-35(24-28-37)44-43(33-15-7-5-8-16-33)52-48(53-44,40-20-12-14-22-42(40)50)54-46(36-25-29-38(30-26-36)56-32-4-2)45(34-17-9-6-10-18-34)51-47(54)39-19-11-13-21-41(39)49/h5-30H,3-4,31-32H2,1-2H3. The lowest BCUT2D eigenvalue weighted by molar-refractivity contribution is 0.317. The first-order valence-corrected chi connectivity index (χ1v) is 19.7. The van der Waals surface area contributed by atoms with Gasteiger partial charge < -0.3 is 9.47 Å². The molecule has 2 heterocycles. The third-order valence-corrected chi connectivity index (χ3v) is 10.3. The van der Waals surface area contributed by atoms with Gasteiger partial charge in [0.15, 0.2) is 0 Å². The number of hydrogen-bond acceptors (Lipinski definition) is 5. The molecule has 1 aliphatic heterocycles. The number of nitrogens with zero attached hydrogens (tertiary/aromatic N) is 4. The fraction of sp³-hybridized carbons (Fsp3) is 0.146. The van der Waals surface area contributed by atoms with Crippen molar-refractivity contribution in [3.05, 3.63) is 184 Å². The number of aliphatic imine (C=N–C) groups is 2. The second-order valence-electron chi connectivity index (χ2n) is 13.5. The Kier molecular flexibility index (Phi) is 10.8. The molecular formula is C48H40Cl2N4O2. The van der Waals surface area contributed by atoms with Crippen LogP contribution >= 0.6 is 23.2 Å². The summed E-state index contributed by atoms with van der Waals surface area (Å²) in [4.78, 5) is 17.0. The van der Waals surface area contributed by atoms with Gasteiger partial charge in [-0.2, -0.15) is 0 Å². The Morgan fingerprint density at radius 2 is 1.00 bits per heavy atom. The highest BCUT2D eigenvalue weighted by Gasteiger charge is 2.46. The topological polar surface area (TPSA) is 61.0 Å². The maximum atomic E-state index is 7.29. The zero-order chi connectivity index (χ0) is 38.5. The van der Waals surface area contributed by atoms with Gasteiger partial charge in [-0.1, -0.05) is 128 Å². The minimum Gasteiger partial charge on any atom is -0.494 e. The van der Waals surface area contributed by atoms with Gasteiger partial charge in [0.2, 0.25) is 0 Å². The summed E-state index contributed by atoms with van der Waals surface area (Å²) in [7, 11) is 0. The molecule has 8 rings (SSSR count). The minimum absolute atomic E-state index is 0.506. The van der Waals surface area contributed by atoms with Crippen molar-refractivity contribution in [1.29, 1.82) is 0 Å². The van der Waals surface area contributed by atoms with Crippen LogP contribution in [0.15, 0.2) is 168 Å². The van der Waals surface area contributed by atoms with E-state index in [1.54, 1.807) is 0 Å². The molecular weight excluding hydrogens is 735 g/mol. The third kappa shape index (κ3) is 7.14. The zero-order valence-electron chi connectivity index (χ0n) is 31.2. The minimum atomic E-state index is -1.49. The molecule has 1 aliphatic rings. The predicted molar refractivity (Wildman–Crippen MR) is 230 cm³/mol. The van der Waals surface area contributed by atoms with E-state index in [1.807, 2.05) is 121 Å². The van der Waals surface area contributed by atoms with E-state index in [-0.39, 0.29) is 0 Å². The Balaban J connectivity index is 1.51. The average Bonchev–Trinajstić information content (AvgIpc) is 3.85. The molecule has 1 atom stereocenters. The van der Waals surface area contributed by atoms with Gasteiger partial charge in [0.05, 0.1) is 46.1 Å². The van der Waals surface area contributed by atoms with E-state index < -0.39 is 5.79 Å². The van der Waals surface area contributed by atoms with Crippen molar-refractivity contribution in [1.82, 2.24) is 9.55 Å². The molecule has 0 aliphatic carbocycles. The van der Waals surface area contributed by atoms with Crippen molar-refractivity contribution >= 4 is 34.6 Å². The Bertz CT molecular complexity index is 2510. The Morgan fingerprint density at radius 3 is 1.55 bits per heavy atom. The quantitative estimate of drug-likeness (QED) is 0.117. The van der Waals surface area contributed by atoms with Gasteiger partial charge in [-0.25, -0.2) is 15.0 Å². The smallest absolute Gasteiger partial charge is 0.263 e. The van der Waals surface area contributed by atoms with E-state index >= 15 is 0 Å². The van der Waals surface area contributed by atoms with Crippen LogP contribution in [0.3, 0.4) is 0 Å². The predicted octanol–water partition coefficient (Wildman–Crippen LogP) is 12.4. The van der Waals surface area contributed by atoms with Crippen LogP contribution in [0.5, 0.6) is 11.5 Å². The summed E-state index contributed by atoms with van der Waals surface area (Å²) in [6.07, 6.45) is 1.82. The van der Waals surface area contributed by atoms with Crippen LogP contribution in [0.1, 0.15) is 43.4 Å². The summed E-state index contributed by atoms with van der Waals surface area (Å²) >= 11 is 14.4. The lowest BCUT2D eigenvalue weighted by Crippen LogP contribution is -2.31. The number of aromatic nitrogens is 2. The number of hydrogen-bond donors (Lipinski definition) is 0. The van der Waals surface area contributed by atoms with Gasteiger partial charge in [0.1, 0.15) is 17.3 Å². The lowest BCUT2D eigenvalue weighted by Gasteiger charge is -2.30. The third-order valence-electron chi connectivity index (χ3n) is 9.59. The Hall–Kier alpha value is -5.95. The number of ether oxygens (including phenoxy) is 2. The zero-order valence-corrected chi connectivity index (χ0v) is 32.7. The number of rotatable bonds is 13. The second kappa shape index (κ2) is 16.4. The fourth-order valence-corrected chi connectivity index (χ4v) is 7.47. The van der Waals surface area contributed by atoms with E-state index in [2.05, 4.69) is 54.8 Å². The molecule has 6 nitrogen and oxygen atoms in total. The monoisotopic (exact) mass is 774 g/mol. The Labute approximate surface area is 337 Å². The highest BCUT2D eigenvalue weighted by Crippen LogP contribution is 2.48. The van der Waals surface area contributed by atoms with Crippen molar-refractivity contribution in [2.75, 3.05) is 13.2 Å². The van der Waals surface area contributed by atoms with E-state index in [4.69, 9.17) is 47.6 Å². The van der Waals surface area contributed by atoms with Crippen LogP contribution < -0.4 is 9.47 Å². The van der Waals surface area contributed by atoms with Gasteiger partial charge >= 0.3 is 0 Å². The van der Waals surface area contributed by atoms with Gasteiger partial charge in [0.25, 0.3) is 5.79 Å². The molecule has 0 saturated heterocycles. The first-order chi connectivity index (χ1) is 27.5. The van der Waals surface area contributed by atoms with Crippen LogP contribution in [0.2, 0.25) is 10.0 Å². The van der Waals surface area contributed by atoms with E-state index in [0.29, 0.717) is 46.1 Å². The van der Waals surface area contributed by atoms with E-state index in [9.17, 15) is 0 Å². The molecule has 8 heteroatoms. The maximum absolute atomic E-state index is 7.29. The molecule has 0 bridgehead atoms. The van der Waals surface area contributed by atoms with Crippen molar-refractivity contribution in [2.45, 2.75) is 32.5 Å². The fourth-order valence-electron chi connectivity index (χ4n) is 6.98. The summed E-state index contributed by atoms with van der Waals surface area (Å²) in [5.41, 5.74) is 7.96. The molecule has 0 amide bonds. The molecule has 7 aromatic rings. The van der Waals surface area contributed by atoms with Crippen molar-refractivity contribution in [3.8, 4) is 45.4 Å². The van der Waals surface area contributed by atoms with Gasteiger partial charge in [0, 0.05) is 33.4 Å². The molecule has 278 valence electrons. The number of benzene rings is 6. The van der Waals surface area contributed by atoms with Crippen LogP contribution in [0.25, 0.3) is 33.9 Å². The average molecular weight is 776 g/mol. The van der Waals surface area contributed by atoms with Crippen molar-refractivity contribution < 1.29 is 9.47 Å². The molecule has 0 fully saturated rings. The molecule has 0 radical (unpaired) electrons. The highest BCUT2D eigenvalue weighted by molar-refractivity contribution is 6.54. The molecule has 6 aromatic carbocycles. The Morgan fingerprint density at radius 1 is 0.518 bits per heavy atom. The molecule has 0 N–H and O–H groups in total. The van der Waals surface area contributed by atoms with Gasteiger partial charge in [-0.05, 0) is 79.6 Å². The normalized spacial score (nSPS) is 15.0. The summed E-state index contributed by atoms with van der Waals surface area (Å²) in [5, 5.41) is 1.05. The van der Waals surface area contributed by atoms with E-state index in [1.165, 1.54) is 0 Å². The lowest BCUT2D eigenvalue weighted by atomic mass is 10.00. The van der Waals surface area contributed by atoms with Crippen molar-refractivity contribution in [2.24, 2.45) is 9.98 Å². The largest absolute Gasteiger partial charge is 0.494 e. The molecule has 0 saturated carbocycles. The first-order valence-electron chi connectivity index (χ1n) is 18.9. The highest BCUT2D eigenvalue weighted by atomic mass is 35.5. The second-order valence-corrected chi connectivity index (χ2v) is 14.3. The van der Waals surface area contributed by atoms with E-state index in [0.717, 1.165) is 63.5 Å². The summed E-state index contributed by atoms with van der Waals surface area (Å²) in [6, 6.07) is 52.0. The maximum Gasteiger partial charge on any atom is 0.263 e. The summed E-state index contributed by atoms with van der Waals surface area (Å²) < 4.78 is 14.1. The van der Waals surface area contributed by atoms with Crippen LogP contribution in [0, 0.1) is 0 Å². The molecule has 1 unspecified atom stereocenters. The van der Waals surface area contributed by atoms with Crippen LogP contribution in [0.4, 0.5) is 0 Å². The molecule has 0 spiro atoms. The molecule has 56 heavy (non-hydrogen) atoms.